The van der Waals surface area contributed by atoms with Crippen LogP contribution in [0.2, 0.25) is 0 Å². The van der Waals surface area contributed by atoms with Gasteiger partial charge in [0.2, 0.25) is 0 Å². The Morgan fingerprint density at radius 2 is 0.950 bits per heavy atom. The maximum absolute atomic E-state index is 7.10. The summed E-state index contributed by atoms with van der Waals surface area (Å²) in [4.78, 5) is 2.39. The predicted molar refractivity (Wildman–Crippen MR) is 251 cm³/mol. The zero-order valence-corrected chi connectivity index (χ0v) is 33.2. The lowest BCUT2D eigenvalue weighted by molar-refractivity contribution is 0.660. The van der Waals surface area contributed by atoms with Crippen molar-refractivity contribution in [2.24, 2.45) is 0 Å². The Bertz CT molecular complexity index is 3720. The summed E-state index contributed by atoms with van der Waals surface area (Å²) in [7, 11) is 0. The molecular weight excluding hydrogens is 731 g/mol. The lowest BCUT2D eigenvalue weighted by atomic mass is 9.82. The first-order valence-corrected chi connectivity index (χ1v) is 20.7. The molecule has 1 aliphatic rings. The van der Waals surface area contributed by atoms with Gasteiger partial charge in [-0.05, 0) is 126 Å². The lowest BCUT2D eigenvalue weighted by Gasteiger charge is -2.28. The number of nitrogens with zero attached hydrogens (tertiary/aromatic N) is 1. The summed E-state index contributed by atoms with van der Waals surface area (Å²) in [5, 5.41) is 11.8. The van der Waals surface area contributed by atoms with Crippen LogP contribution < -0.4 is 4.90 Å². The summed E-state index contributed by atoms with van der Waals surface area (Å²) in [5.41, 5.74) is 13.9. The molecule has 0 saturated carbocycles. The smallest absolute Gasteiger partial charge is 0.159 e. The molecule has 0 amide bonds. The number of hydrogen-bond acceptors (Lipinski definition) is 3. The van der Waals surface area contributed by atoms with Crippen LogP contribution >= 0.6 is 0 Å². The molecule has 0 unspecified atom stereocenters. The van der Waals surface area contributed by atoms with Crippen LogP contribution in [-0.2, 0) is 5.41 Å². The minimum atomic E-state index is -0.160. The van der Waals surface area contributed by atoms with Crippen LogP contribution in [0.4, 0.5) is 17.1 Å². The van der Waals surface area contributed by atoms with Gasteiger partial charge in [0.05, 0.1) is 5.69 Å². The maximum atomic E-state index is 7.10. The topological polar surface area (TPSA) is 29.5 Å². The quantitative estimate of drug-likeness (QED) is 0.167. The van der Waals surface area contributed by atoms with Crippen molar-refractivity contribution in [1.82, 2.24) is 0 Å². The molecular formula is C57H37NO2. The minimum Gasteiger partial charge on any atom is -0.456 e. The average molecular weight is 768 g/mol. The molecule has 3 heteroatoms. The van der Waals surface area contributed by atoms with E-state index in [-0.39, 0.29) is 5.41 Å². The van der Waals surface area contributed by atoms with Gasteiger partial charge in [0.25, 0.3) is 0 Å². The molecule has 13 rings (SSSR count). The number of para-hydroxylation sites is 2. The van der Waals surface area contributed by atoms with Crippen LogP contribution in [0.25, 0.3) is 98.4 Å². The molecule has 10 aromatic carbocycles. The Hall–Kier alpha value is -7.62. The van der Waals surface area contributed by atoms with E-state index in [1.807, 2.05) is 12.1 Å². The molecule has 2 heterocycles. The van der Waals surface area contributed by atoms with Gasteiger partial charge in [0.15, 0.2) is 5.58 Å². The van der Waals surface area contributed by atoms with E-state index < -0.39 is 0 Å². The summed E-state index contributed by atoms with van der Waals surface area (Å²) in [5.74, 6) is 0. The van der Waals surface area contributed by atoms with Crippen molar-refractivity contribution < 1.29 is 8.83 Å². The van der Waals surface area contributed by atoms with E-state index in [9.17, 15) is 0 Å². The summed E-state index contributed by atoms with van der Waals surface area (Å²) in [6.45, 7) is 4.69. The summed E-state index contributed by atoms with van der Waals surface area (Å²) < 4.78 is 13.6. The number of hydrogen-bond donors (Lipinski definition) is 0. The van der Waals surface area contributed by atoms with Gasteiger partial charge in [-0.2, -0.15) is 0 Å². The number of benzene rings is 10. The first-order chi connectivity index (χ1) is 29.5. The van der Waals surface area contributed by atoms with E-state index in [4.69, 9.17) is 8.83 Å². The van der Waals surface area contributed by atoms with Gasteiger partial charge >= 0.3 is 0 Å². The van der Waals surface area contributed by atoms with Crippen molar-refractivity contribution in [1.29, 1.82) is 0 Å². The molecule has 2 aromatic heterocycles. The van der Waals surface area contributed by atoms with Gasteiger partial charge in [-0.15, -0.1) is 0 Å². The molecule has 0 saturated heterocycles. The fourth-order valence-corrected chi connectivity index (χ4v) is 10.4. The summed E-state index contributed by atoms with van der Waals surface area (Å²) in [6, 6.07) is 68.3. The summed E-state index contributed by atoms with van der Waals surface area (Å²) in [6.07, 6.45) is 0. The molecule has 0 radical (unpaired) electrons. The molecule has 0 N–H and O–H groups in total. The molecule has 0 atom stereocenters. The lowest BCUT2D eigenvalue weighted by Crippen LogP contribution is -2.16. The number of anilines is 3. The van der Waals surface area contributed by atoms with E-state index in [0.29, 0.717) is 0 Å². The Kier molecular flexibility index (Phi) is 6.78. The van der Waals surface area contributed by atoms with Gasteiger partial charge in [-0.1, -0.05) is 141 Å². The van der Waals surface area contributed by atoms with E-state index >= 15 is 0 Å². The highest BCUT2D eigenvalue weighted by molar-refractivity contribution is 6.28. The van der Waals surface area contributed by atoms with Crippen molar-refractivity contribution in [3.8, 4) is 22.3 Å². The number of furan rings is 2. The van der Waals surface area contributed by atoms with Gasteiger partial charge in [0, 0.05) is 38.3 Å². The van der Waals surface area contributed by atoms with Crippen LogP contribution in [0.15, 0.2) is 197 Å². The fraction of sp³-hybridized carbons (Fsp3) is 0.0526. The SMILES string of the molecule is CC1(C)c2ccccc2-c2ccc(N(c3ccccc3)c3cc(-c4ccc5c6ccccc6c6ccccc6c5c4)cc4c3oc3ccc5oc6ccccc6c5c34)cc21. The molecule has 3 nitrogen and oxygen atoms in total. The zero-order chi connectivity index (χ0) is 39.7. The number of rotatable bonds is 4. The highest BCUT2D eigenvalue weighted by Crippen LogP contribution is 2.52. The van der Waals surface area contributed by atoms with Crippen LogP contribution in [-0.4, -0.2) is 0 Å². The molecule has 1 aliphatic carbocycles. The molecule has 0 bridgehead atoms. The molecule has 282 valence electrons. The summed E-state index contributed by atoms with van der Waals surface area (Å²) >= 11 is 0. The third-order valence-electron chi connectivity index (χ3n) is 13.2. The molecule has 0 fully saturated rings. The molecule has 60 heavy (non-hydrogen) atoms. The van der Waals surface area contributed by atoms with Gasteiger partial charge < -0.3 is 13.7 Å². The van der Waals surface area contributed by atoms with Crippen molar-refractivity contribution in [2.75, 3.05) is 4.90 Å². The first-order valence-electron chi connectivity index (χ1n) is 20.7. The Morgan fingerprint density at radius 3 is 1.72 bits per heavy atom. The van der Waals surface area contributed by atoms with Crippen LogP contribution in [0.1, 0.15) is 25.0 Å². The monoisotopic (exact) mass is 767 g/mol. The van der Waals surface area contributed by atoms with Crippen LogP contribution in [0, 0.1) is 0 Å². The van der Waals surface area contributed by atoms with Crippen LogP contribution in [0.3, 0.4) is 0 Å². The van der Waals surface area contributed by atoms with Crippen LogP contribution in [0.5, 0.6) is 0 Å². The largest absolute Gasteiger partial charge is 0.456 e. The predicted octanol–water partition coefficient (Wildman–Crippen LogP) is 16.4. The number of fused-ring (bicyclic) bond motifs is 16. The Balaban J connectivity index is 1.14. The van der Waals surface area contributed by atoms with E-state index in [0.717, 1.165) is 72.1 Å². The second-order valence-electron chi connectivity index (χ2n) is 16.8. The Labute approximate surface area is 346 Å². The zero-order valence-electron chi connectivity index (χ0n) is 33.2. The highest BCUT2D eigenvalue weighted by Gasteiger charge is 2.36. The average Bonchev–Trinajstić information content (AvgIpc) is 3.94. The Morgan fingerprint density at radius 1 is 0.367 bits per heavy atom. The standard InChI is InChI=1S/C57H37NO2/c1-57(2)48-22-12-10-20-43(48)44-27-25-37(33-49(44)57)58(36-14-4-3-5-15-36)50-32-35(31-47-55-53(60-56(47)50)29-28-52-54(55)45-21-11-13-23-51(45)59-52)34-24-26-42-40-18-7-6-16-38(40)39-17-8-9-19-41(39)46(42)30-34/h3-33H,1-2H3. The third-order valence-corrected chi connectivity index (χ3v) is 13.2. The molecule has 0 spiro atoms. The second kappa shape index (κ2) is 12.2. The van der Waals surface area contributed by atoms with Crippen molar-refractivity contribution in [3.63, 3.8) is 0 Å². The van der Waals surface area contributed by atoms with Crippen molar-refractivity contribution in [3.05, 3.63) is 199 Å². The van der Waals surface area contributed by atoms with Gasteiger partial charge in [-0.25, -0.2) is 0 Å². The van der Waals surface area contributed by atoms with Gasteiger partial charge in [-0.3, -0.25) is 0 Å². The minimum absolute atomic E-state index is 0.160. The van der Waals surface area contributed by atoms with E-state index in [1.165, 1.54) is 54.6 Å². The van der Waals surface area contributed by atoms with E-state index in [2.05, 4.69) is 195 Å². The van der Waals surface area contributed by atoms with Crippen molar-refractivity contribution >= 4 is 93.3 Å². The van der Waals surface area contributed by atoms with Gasteiger partial charge in [0.1, 0.15) is 16.7 Å². The molecule has 0 aliphatic heterocycles. The van der Waals surface area contributed by atoms with Crippen molar-refractivity contribution in [2.45, 2.75) is 19.3 Å². The highest BCUT2D eigenvalue weighted by atomic mass is 16.3. The molecule has 12 aromatic rings. The first kappa shape index (κ1) is 33.4. The van der Waals surface area contributed by atoms with E-state index in [1.54, 1.807) is 0 Å². The normalized spacial score (nSPS) is 13.3. The third kappa shape index (κ3) is 4.60. The fourth-order valence-electron chi connectivity index (χ4n) is 10.4. The maximum Gasteiger partial charge on any atom is 0.159 e. The second-order valence-corrected chi connectivity index (χ2v) is 16.8.